The number of carbonyl (C=O) groups excluding carboxylic acids is 5. The maximum atomic E-state index is 13.3. The Morgan fingerprint density at radius 2 is 1.18 bits per heavy atom. The van der Waals surface area contributed by atoms with Crippen LogP contribution in [-0.2, 0) is 28.8 Å². The second kappa shape index (κ2) is 18.9. The molecule has 0 aliphatic heterocycles. The van der Waals surface area contributed by atoms with E-state index in [0.29, 0.717) is 19.4 Å². The first-order valence-corrected chi connectivity index (χ1v) is 13.8. The number of hydrogen-bond donors (Lipinski definition) is 8. The topological polar surface area (TPSA) is 249 Å². The fourth-order valence-corrected chi connectivity index (χ4v) is 3.81. The summed E-state index contributed by atoms with van der Waals surface area (Å²) < 4.78 is 0. The first-order chi connectivity index (χ1) is 18.6. The minimum atomic E-state index is -1.17. The number of nitrogens with two attached hydrogens (primary N) is 3. The molecule has 0 radical (unpaired) electrons. The van der Waals surface area contributed by atoms with Gasteiger partial charge in [-0.3, -0.25) is 24.0 Å². The van der Waals surface area contributed by atoms with E-state index in [1.54, 1.807) is 0 Å². The van der Waals surface area contributed by atoms with E-state index in [-0.39, 0.29) is 43.9 Å². The quantitative estimate of drug-likeness (QED) is 0.0820. The molecule has 11 N–H and O–H groups in total. The fraction of sp³-hybridized carbons (Fsp3) is 0.769. The number of carboxylic acid groups (broad SMARTS) is 1. The molecule has 0 aliphatic rings. The van der Waals surface area contributed by atoms with Gasteiger partial charge in [0.2, 0.25) is 29.5 Å². The lowest BCUT2D eigenvalue weighted by Crippen LogP contribution is -2.58. The van der Waals surface area contributed by atoms with Gasteiger partial charge in [-0.2, -0.15) is 0 Å². The molecule has 0 unspecified atom stereocenters. The standard InChI is InChI=1S/C26H49N7O7/c1-14(2)12-19(25(38)33-20(26(39)40)13-15(3)4)32-24(37)18(8-6-7-11-27)31-22(35)16(5)30-23(36)17(28)9-10-21(29)34/h14-20H,6-13,27-28H2,1-5H3,(H2,29,34)(H,30,36)(H,31,35)(H,32,37)(H,33,38)(H,39,40)/t16-,17-,18-,19-,20-/m0/s1. The van der Waals surface area contributed by atoms with Crippen molar-refractivity contribution in [1.29, 1.82) is 0 Å². The third kappa shape index (κ3) is 15.4. The molecular formula is C26H49N7O7. The normalized spacial score (nSPS) is 14.9. The molecular weight excluding hydrogens is 522 g/mol. The van der Waals surface area contributed by atoms with E-state index in [0.717, 1.165) is 0 Å². The Hall–Kier alpha value is -3.26. The van der Waals surface area contributed by atoms with Gasteiger partial charge in [0.1, 0.15) is 24.2 Å². The van der Waals surface area contributed by atoms with Gasteiger partial charge in [0, 0.05) is 6.42 Å². The van der Waals surface area contributed by atoms with Crippen LogP contribution in [0.15, 0.2) is 0 Å². The summed E-state index contributed by atoms with van der Waals surface area (Å²) in [6.45, 7) is 9.18. The van der Waals surface area contributed by atoms with E-state index in [9.17, 15) is 33.9 Å². The van der Waals surface area contributed by atoms with E-state index in [1.165, 1.54) is 6.92 Å². The van der Waals surface area contributed by atoms with Gasteiger partial charge < -0.3 is 43.6 Å². The van der Waals surface area contributed by atoms with Crippen LogP contribution < -0.4 is 38.5 Å². The molecule has 5 atom stereocenters. The molecule has 14 nitrogen and oxygen atoms in total. The highest BCUT2D eigenvalue weighted by atomic mass is 16.4. The largest absolute Gasteiger partial charge is 0.480 e. The lowest BCUT2D eigenvalue weighted by Gasteiger charge is -2.26. The zero-order valence-electron chi connectivity index (χ0n) is 24.3. The molecule has 0 saturated carbocycles. The number of rotatable bonds is 20. The highest BCUT2D eigenvalue weighted by molar-refractivity contribution is 5.95. The molecule has 0 rings (SSSR count). The lowest BCUT2D eigenvalue weighted by molar-refractivity contribution is -0.143. The van der Waals surface area contributed by atoms with E-state index < -0.39 is 65.7 Å². The van der Waals surface area contributed by atoms with Crippen LogP contribution in [-0.4, -0.2) is 77.4 Å². The average Bonchev–Trinajstić information content (AvgIpc) is 2.84. The Labute approximate surface area is 236 Å². The molecule has 0 spiro atoms. The number of primary amides is 1. The minimum absolute atomic E-state index is 0.0104. The summed E-state index contributed by atoms with van der Waals surface area (Å²) in [7, 11) is 0. The van der Waals surface area contributed by atoms with Gasteiger partial charge in [-0.15, -0.1) is 0 Å². The number of aliphatic carboxylic acids is 1. The molecule has 0 heterocycles. The third-order valence-electron chi connectivity index (χ3n) is 6.03. The molecule has 0 aromatic rings. The summed E-state index contributed by atoms with van der Waals surface area (Å²) in [5.74, 6) is -4.35. The van der Waals surface area contributed by atoms with Crippen molar-refractivity contribution >= 4 is 35.5 Å². The number of hydrogen-bond acceptors (Lipinski definition) is 8. The molecule has 0 bridgehead atoms. The molecule has 0 aromatic carbocycles. The van der Waals surface area contributed by atoms with Crippen molar-refractivity contribution in [3.63, 3.8) is 0 Å². The van der Waals surface area contributed by atoms with E-state index >= 15 is 0 Å². The van der Waals surface area contributed by atoms with Gasteiger partial charge in [0.15, 0.2) is 0 Å². The second-order valence-corrected chi connectivity index (χ2v) is 10.9. The van der Waals surface area contributed by atoms with Gasteiger partial charge in [-0.1, -0.05) is 27.7 Å². The predicted molar refractivity (Wildman–Crippen MR) is 149 cm³/mol. The number of carbonyl (C=O) groups is 6. The van der Waals surface area contributed by atoms with Crippen LogP contribution in [0.5, 0.6) is 0 Å². The van der Waals surface area contributed by atoms with E-state index in [1.807, 2.05) is 27.7 Å². The zero-order chi connectivity index (χ0) is 31.0. The summed E-state index contributed by atoms with van der Waals surface area (Å²) in [5, 5.41) is 19.7. The molecule has 0 saturated heterocycles. The molecule has 40 heavy (non-hydrogen) atoms. The fourth-order valence-electron chi connectivity index (χ4n) is 3.81. The van der Waals surface area contributed by atoms with Crippen LogP contribution in [0.2, 0.25) is 0 Å². The Kier molecular flexibility index (Phi) is 17.4. The summed E-state index contributed by atoms with van der Waals surface area (Å²) in [4.78, 5) is 74.0. The average molecular weight is 572 g/mol. The molecule has 230 valence electrons. The SMILES string of the molecule is CC(C)C[C@H](NC(=O)[C@H](CC(C)C)NC(=O)[C@H](CCCCN)NC(=O)[C@H](C)NC(=O)[C@@H](N)CCC(N)=O)C(=O)O. The van der Waals surface area contributed by atoms with Gasteiger partial charge in [0.05, 0.1) is 6.04 Å². The zero-order valence-corrected chi connectivity index (χ0v) is 24.3. The summed E-state index contributed by atoms with van der Waals surface area (Å²) in [6, 6.07) is -5.30. The highest BCUT2D eigenvalue weighted by Crippen LogP contribution is 2.10. The van der Waals surface area contributed by atoms with Gasteiger partial charge in [0.25, 0.3) is 0 Å². The van der Waals surface area contributed by atoms with Crippen molar-refractivity contribution in [3.8, 4) is 0 Å². The van der Waals surface area contributed by atoms with Crippen LogP contribution in [0.3, 0.4) is 0 Å². The molecule has 0 aromatic heterocycles. The van der Waals surface area contributed by atoms with E-state index in [4.69, 9.17) is 17.2 Å². The van der Waals surface area contributed by atoms with Crippen molar-refractivity contribution in [2.24, 2.45) is 29.0 Å². The lowest BCUT2D eigenvalue weighted by atomic mass is 10.00. The number of carboxylic acids is 1. The molecule has 5 amide bonds. The van der Waals surface area contributed by atoms with Crippen LogP contribution in [0.25, 0.3) is 0 Å². The van der Waals surface area contributed by atoms with Crippen molar-refractivity contribution in [2.45, 2.75) is 110 Å². The molecule has 14 heteroatoms. The van der Waals surface area contributed by atoms with Gasteiger partial charge in [-0.05, 0) is 63.8 Å². The second-order valence-electron chi connectivity index (χ2n) is 10.9. The first kappa shape index (κ1) is 36.7. The number of nitrogens with one attached hydrogen (secondary N) is 4. The smallest absolute Gasteiger partial charge is 0.326 e. The van der Waals surface area contributed by atoms with Crippen molar-refractivity contribution in [2.75, 3.05) is 6.54 Å². The number of unbranched alkanes of at least 4 members (excludes halogenated alkanes) is 1. The Morgan fingerprint density at radius 1 is 0.675 bits per heavy atom. The van der Waals surface area contributed by atoms with Gasteiger partial charge in [-0.25, -0.2) is 4.79 Å². The minimum Gasteiger partial charge on any atom is -0.480 e. The Morgan fingerprint density at radius 3 is 1.68 bits per heavy atom. The van der Waals surface area contributed by atoms with Crippen molar-refractivity contribution < 1.29 is 33.9 Å². The van der Waals surface area contributed by atoms with E-state index in [2.05, 4.69) is 21.3 Å². The maximum absolute atomic E-state index is 13.3. The summed E-state index contributed by atoms with van der Waals surface area (Å²) in [5.41, 5.74) is 16.4. The Balaban J connectivity index is 5.55. The monoisotopic (exact) mass is 571 g/mol. The maximum Gasteiger partial charge on any atom is 0.326 e. The third-order valence-corrected chi connectivity index (χ3v) is 6.03. The Bertz CT molecular complexity index is 866. The first-order valence-electron chi connectivity index (χ1n) is 13.8. The summed E-state index contributed by atoms with van der Waals surface area (Å²) >= 11 is 0. The van der Waals surface area contributed by atoms with Crippen LogP contribution in [0, 0.1) is 11.8 Å². The van der Waals surface area contributed by atoms with Crippen molar-refractivity contribution in [1.82, 2.24) is 21.3 Å². The molecule has 0 aliphatic carbocycles. The van der Waals surface area contributed by atoms with Crippen LogP contribution in [0.4, 0.5) is 0 Å². The van der Waals surface area contributed by atoms with Crippen LogP contribution >= 0.6 is 0 Å². The molecule has 0 fully saturated rings. The van der Waals surface area contributed by atoms with Crippen LogP contribution in [0.1, 0.15) is 79.6 Å². The highest BCUT2D eigenvalue weighted by Gasteiger charge is 2.31. The predicted octanol–water partition coefficient (Wildman–Crippen LogP) is -1.16. The van der Waals surface area contributed by atoms with Gasteiger partial charge >= 0.3 is 5.97 Å². The summed E-state index contributed by atoms with van der Waals surface area (Å²) in [6.07, 6.45) is 1.69. The van der Waals surface area contributed by atoms with Crippen molar-refractivity contribution in [3.05, 3.63) is 0 Å². The number of amides is 5.